The Morgan fingerprint density at radius 3 is 2.88 bits per heavy atom. The number of halogens is 2. The molecule has 0 saturated carbocycles. The van der Waals surface area contributed by atoms with Gasteiger partial charge in [0.2, 0.25) is 0 Å². The minimum atomic E-state index is -0.515. The van der Waals surface area contributed by atoms with Gasteiger partial charge in [-0.2, -0.15) is 0 Å². The van der Waals surface area contributed by atoms with E-state index >= 15 is 0 Å². The molecular formula is C17H13ClFN5O2. The number of benzene rings is 1. The fraction of sp³-hybridized carbons (Fsp3) is 0.0588. The van der Waals surface area contributed by atoms with Gasteiger partial charge in [0, 0.05) is 11.6 Å². The van der Waals surface area contributed by atoms with Crippen LogP contribution in [0.15, 0.2) is 63.2 Å². The molecule has 132 valence electrons. The van der Waals surface area contributed by atoms with E-state index in [9.17, 15) is 9.18 Å². The van der Waals surface area contributed by atoms with Crippen LogP contribution in [0.5, 0.6) is 0 Å². The number of aliphatic imine (C=N–C) groups is 1. The summed E-state index contributed by atoms with van der Waals surface area (Å²) in [4.78, 5) is 22.4. The molecule has 3 rings (SSSR count). The van der Waals surface area contributed by atoms with Gasteiger partial charge < -0.3 is 15.2 Å². The molecule has 2 aromatic heterocycles. The van der Waals surface area contributed by atoms with Gasteiger partial charge in [-0.1, -0.05) is 35.0 Å². The van der Waals surface area contributed by atoms with Crippen molar-refractivity contribution in [2.75, 3.05) is 0 Å². The molecule has 0 unspecified atom stereocenters. The number of nitrogens with zero attached hydrogens (tertiary/aromatic N) is 3. The molecule has 2 heterocycles. The minimum Gasteiger partial charge on any atom is -0.396 e. The van der Waals surface area contributed by atoms with Crippen molar-refractivity contribution in [3.63, 3.8) is 0 Å². The maximum absolute atomic E-state index is 13.8. The highest BCUT2D eigenvalue weighted by Crippen LogP contribution is 2.11. The maximum atomic E-state index is 13.8. The van der Waals surface area contributed by atoms with Crippen molar-refractivity contribution >= 4 is 23.0 Å². The number of hydrogen-bond donors (Lipinski definition) is 2. The summed E-state index contributed by atoms with van der Waals surface area (Å²) in [5.74, 6) is -0.238. The lowest BCUT2D eigenvalue weighted by Crippen LogP contribution is -2.14. The van der Waals surface area contributed by atoms with Crippen molar-refractivity contribution in [2.24, 2.45) is 10.7 Å². The van der Waals surface area contributed by atoms with Gasteiger partial charge in [0.1, 0.15) is 22.8 Å². The number of nitrogens with one attached hydrogen (secondary N) is 1. The van der Waals surface area contributed by atoms with E-state index in [1.165, 1.54) is 24.6 Å². The van der Waals surface area contributed by atoms with Crippen LogP contribution in [0.1, 0.15) is 17.1 Å². The molecule has 0 spiro atoms. The quantitative estimate of drug-likeness (QED) is 0.668. The second-order valence-electron chi connectivity index (χ2n) is 5.19. The smallest absolute Gasteiger partial charge is 0.269 e. The second kappa shape index (κ2) is 7.75. The third-order valence-electron chi connectivity index (χ3n) is 3.40. The van der Waals surface area contributed by atoms with Crippen molar-refractivity contribution in [1.82, 2.24) is 15.1 Å². The van der Waals surface area contributed by atoms with Crippen LogP contribution in [0.4, 0.5) is 4.39 Å². The lowest BCUT2D eigenvalue weighted by molar-refractivity contribution is 0.418. The summed E-state index contributed by atoms with van der Waals surface area (Å²) in [6, 6.07) is 7.89. The monoisotopic (exact) mass is 373 g/mol. The number of nitrogens with two attached hydrogens (primary N) is 1. The van der Waals surface area contributed by atoms with E-state index in [-0.39, 0.29) is 28.9 Å². The summed E-state index contributed by atoms with van der Waals surface area (Å²) in [6.07, 6.45) is 4.04. The van der Waals surface area contributed by atoms with Crippen LogP contribution in [0.25, 0.3) is 5.70 Å². The molecule has 1 aromatic carbocycles. The van der Waals surface area contributed by atoms with E-state index in [1.54, 1.807) is 24.3 Å². The molecule has 0 fully saturated rings. The minimum absolute atomic E-state index is 0.0495. The van der Waals surface area contributed by atoms with Crippen LogP contribution in [-0.4, -0.2) is 20.8 Å². The van der Waals surface area contributed by atoms with Crippen molar-refractivity contribution in [3.05, 3.63) is 87.1 Å². The van der Waals surface area contributed by atoms with Crippen LogP contribution >= 0.6 is 11.6 Å². The molecule has 0 aliphatic carbocycles. The Morgan fingerprint density at radius 2 is 2.19 bits per heavy atom. The molecule has 26 heavy (non-hydrogen) atoms. The molecule has 0 amide bonds. The first-order valence-corrected chi connectivity index (χ1v) is 7.83. The van der Waals surface area contributed by atoms with E-state index in [0.717, 1.165) is 0 Å². The Morgan fingerprint density at radius 1 is 1.38 bits per heavy atom. The SMILES string of the molecule is NC(=CC(=NCc1ccccc1F)c1ccon1)c1ncc(Cl)c(=O)[nH]1. The summed E-state index contributed by atoms with van der Waals surface area (Å²) in [5, 5.41) is 3.77. The first-order chi connectivity index (χ1) is 12.5. The summed E-state index contributed by atoms with van der Waals surface area (Å²) in [7, 11) is 0. The molecule has 0 atom stereocenters. The van der Waals surface area contributed by atoms with Gasteiger partial charge in [0.05, 0.1) is 24.2 Å². The van der Waals surface area contributed by atoms with Gasteiger partial charge in [0.25, 0.3) is 5.56 Å². The molecule has 0 saturated heterocycles. The Bertz CT molecular complexity index is 1030. The lowest BCUT2D eigenvalue weighted by atomic mass is 10.2. The third kappa shape index (κ3) is 4.04. The normalized spacial score (nSPS) is 12.4. The standard InChI is InChI=1S/C17H13ClFN5O2/c18-11-9-22-16(23-17(11)25)13(20)7-15(14-5-6-26-24-14)21-8-10-3-1-2-4-12(10)19/h1-7,9H,8,20H2,(H,22,23,25). The van der Waals surface area contributed by atoms with Crippen molar-refractivity contribution in [3.8, 4) is 0 Å². The predicted molar refractivity (Wildman–Crippen MR) is 95.2 cm³/mol. The molecular weight excluding hydrogens is 361 g/mol. The van der Waals surface area contributed by atoms with Crippen LogP contribution in [0.3, 0.4) is 0 Å². The fourth-order valence-corrected chi connectivity index (χ4v) is 2.18. The van der Waals surface area contributed by atoms with Gasteiger partial charge in [-0.05, 0) is 12.1 Å². The summed E-state index contributed by atoms with van der Waals surface area (Å²) >= 11 is 5.66. The van der Waals surface area contributed by atoms with E-state index in [4.69, 9.17) is 21.9 Å². The Labute approximate surface area is 152 Å². The summed E-state index contributed by atoms with van der Waals surface area (Å²) in [5.41, 5.74) is 6.77. The number of H-pyrrole nitrogens is 1. The Kier molecular flexibility index (Phi) is 5.23. The number of allylic oxidation sites excluding steroid dienone is 1. The number of rotatable bonds is 5. The van der Waals surface area contributed by atoms with E-state index in [2.05, 4.69) is 20.1 Å². The average molecular weight is 374 g/mol. The highest BCUT2D eigenvalue weighted by atomic mass is 35.5. The number of aromatic amines is 1. The largest absolute Gasteiger partial charge is 0.396 e. The number of hydrogen-bond acceptors (Lipinski definition) is 6. The zero-order valence-electron chi connectivity index (χ0n) is 13.3. The van der Waals surface area contributed by atoms with Crippen molar-refractivity contribution < 1.29 is 8.91 Å². The van der Waals surface area contributed by atoms with E-state index in [0.29, 0.717) is 17.0 Å². The van der Waals surface area contributed by atoms with E-state index in [1.807, 2.05) is 0 Å². The summed E-state index contributed by atoms with van der Waals surface area (Å²) < 4.78 is 18.6. The van der Waals surface area contributed by atoms with Gasteiger partial charge >= 0.3 is 0 Å². The molecule has 0 aliphatic rings. The maximum Gasteiger partial charge on any atom is 0.269 e. The molecule has 0 radical (unpaired) electrons. The lowest BCUT2D eigenvalue weighted by Gasteiger charge is -2.04. The van der Waals surface area contributed by atoms with E-state index < -0.39 is 5.56 Å². The highest BCUT2D eigenvalue weighted by Gasteiger charge is 2.09. The topological polar surface area (TPSA) is 110 Å². The number of aromatic nitrogens is 3. The Balaban J connectivity index is 1.96. The fourth-order valence-electron chi connectivity index (χ4n) is 2.08. The third-order valence-corrected chi connectivity index (χ3v) is 3.67. The zero-order chi connectivity index (χ0) is 18.5. The second-order valence-corrected chi connectivity index (χ2v) is 5.59. The zero-order valence-corrected chi connectivity index (χ0v) is 14.1. The molecule has 7 nitrogen and oxygen atoms in total. The molecule has 0 aliphatic heterocycles. The molecule has 3 N–H and O–H groups in total. The van der Waals surface area contributed by atoms with Crippen LogP contribution in [0.2, 0.25) is 5.02 Å². The summed E-state index contributed by atoms with van der Waals surface area (Å²) in [6.45, 7) is 0.0726. The van der Waals surface area contributed by atoms with Gasteiger partial charge in [0.15, 0.2) is 5.82 Å². The van der Waals surface area contributed by atoms with Gasteiger partial charge in [-0.15, -0.1) is 0 Å². The highest BCUT2D eigenvalue weighted by molar-refractivity contribution is 6.30. The molecule has 3 aromatic rings. The Hall–Kier alpha value is -3.26. The predicted octanol–water partition coefficient (Wildman–Crippen LogP) is 2.54. The first-order valence-electron chi connectivity index (χ1n) is 7.45. The molecule has 0 bridgehead atoms. The van der Waals surface area contributed by atoms with Gasteiger partial charge in [-0.3, -0.25) is 9.79 Å². The van der Waals surface area contributed by atoms with Crippen molar-refractivity contribution in [1.29, 1.82) is 0 Å². The van der Waals surface area contributed by atoms with Crippen LogP contribution in [-0.2, 0) is 6.54 Å². The average Bonchev–Trinajstić information content (AvgIpc) is 3.16. The van der Waals surface area contributed by atoms with Gasteiger partial charge in [-0.25, -0.2) is 9.37 Å². The van der Waals surface area contributed by atoms with Crippen molar-refractivity contribution in [2.45, 2.75) is 6.54 Å². The molecule has 9 heteroatoms. The van der Waals surface area contributed by atoms with Crippen LogP contribution < -0.4 is 11.3 Å². The van der Waals surface area contributed by atoms with Crippen LogP contribution in [0, 0.1) is 5.82 Å². The first kappa shape index (κ1) is 17.6.